The summed E-state index contributed by atoms with van der Waals surface area (Å²) in [5.74, 6) is 0. The van der Waals surface area contributed by atoms with Gasteiger partial charge in [0.1, 0.15) is 0 Å². The van der Waals surface area contributed by atoms with Crippen LogP contribution in [0.2, 0.25) is 0 Å². The summed E-state index contributed by atoms with van der Waals surface area (Å²) in [7, 11) is 0. The van der Waals surface area contributed by atoms with E-state index in [1.54, 1.807) is 13.8 Å². The van der Waals surface area contributed by atoms with Gasteiger partial charge in [-0.3, -0.25) is 0 Å². The third-order valence-corrected chi connectivity index (χ3v) is 3.52. The molecule has 4 nitrogen and oxygen atoms in total. The monoisotopic (exact) mass is 214 g/mol. The lowest BCUT2D eigenvalue weighted by Gasteiger charge is -2.09. The molecule has 6 heteroatoms. The predicted molar refractivity (Wildman–Crippen MR) is 49.7 cm³/mol. The Hall–Kier alpha value is 0.220. The van der Waals surface area contributed by atoms with Crippen LogP contribution in [0.15, 0.2) is 0 Å². The molecule has 0 saturated carbocycles. The van der Waals surface area contributed by atoms with E-state index in [4.69, 9.17) is 9.11 Å². The number of hydrogen-bond acceptors (Lipinski definition) is 2. The van der Waals surface area contributed by atoms with Gasteiger partial charge in [0.05, 0.1) is 10.5 Å². The fourth-order valence-corrected chi connectivity index (χ4v) is 1.35. The summed E-state index contributed by atoms with van der Waals surface area (Å²) < 4.78 is 38.1. The van der Waals surface area contributed by atoms with Crippen molar-refractivity contribution in [3.8, 4) is 0 Å². The van der Waals surface area contributed by atoms with E-state index in [0.717, 1.165) is 0 Å². The molecule has 0 spiro atoms. The summed E-state index contributed by atoms with van der Waals surface area (Å²) >= 11 is -3.64. The van der Waals surface area contributed by atoms with E-state index in [2.05, 4.69) is 0 Å². The second kappa shape index (κ2) is 5.80. The van der Waals surface area contributed by atoms with E-state index in [9.17, 15) is 8.42 Å². The van der Waals surface area contributed by atoms with Crippen LogP contribution in [0.4, 0.5) is 0 Å². The molecule has 0 bridgehead atoms. The van der Waals surface area contributed by atoms with Gasteiger partial charge in [-0.1, -0.05) is 0 Å². The maximum atomic E-state index is 10.5. The largest absolute Gasteiger partial charge is 0.306 e. The summed E-state index contributed by atoms with van der Waals surface area (Å²) in [5, 5.41) is -0.646. The Morgan fingerprint density at radius 2 is 1.25 bits per heavy atom. The van der Waals surface area contributed by atoms with E-state index in [0.29, 0.717) is 12.8 Å². The molecular formula is C6H14O4S2. The van der Waals surface area contributed by atoms with E-state index >= 15 is 0 Å². The van der Waals surface area contributed by atoms with E-state index in [-0.39, 0.29) is 10.5 Å². The highest BCUT2D eigenvalue weighted by atomic mass is 32.2. The highest BCUT2D eigenvalue weighted by Crippen LogP contribution is 2.08. The van der Waals surface area contributed by atoms with Crippen molar-refractivity contribution in [3.63, 3.8) is 0 Å². The highest BCUT2D eigenvalue weighted by molar-refractivity contribution is 7.80. The highest BCUT2D eigenvalue weighted by Gasteiger charge is 2.13. The molecule has 74 valence electrons. The molecule has 4 atom stereocenters. The Morgan fingerprint density at radius 3 is 1.42 bits per heavy atom. The minimum atomic E-state index is -1.82. The fraction of sp³-hybridized carbons (Fsp3) is 1.00. The van der Waals surface area contributed by atoms with Crippen molar-refractivity contribution in [2.75, 3.05) is 0 Å². The molecule has 2 N–H and O–H groups in total. The lowest BCUT2D eigenvalue weighted by molar-refractivity contribution is 0.526. The van der Waals surface area contributed by atoms with Crippen LogP contribution >= 0.6 is 0 Å². The van der Waals surface area contributed by atoms with Crippen molar-refractivity contribution >= 4 is 22.2 Å². The van der Waals surface area contributed by atoms with Gasteiger partial charge in [0.25, 0.3) is 0 Å². The minimum Gasteiger partial charge on any atom is -0.306 e. The minimum absolute atomic E-state index is 0.323. The molecule has 0 aromatic rings. The molecule has 0 fully saturated rings. The van der Waals surface area contributed by atoms with Crippen LogP contribution in [0, 0.1) is 0 Å². The van der Waals surface area contributed by atoms with Gasteiger partial charge in [0, 0.05) is 0 Å². The van der Waals surface area contributed by atoms with Gasteiger partial charge >= 0.3 is 0 Å². The Kier molecular flexibility index (Phi) is 5.90. The smallest absolute Gasteiger partial charge is 0.155 e. The SMILES string of the molecule is CC(CCC(C)S(=O)O)S(=O)O. The third-order valence-electron chi connectivity index (χ3n) is 1.67. The first kappa shape index (κ1) is 12.2. The van der Waals surface area contributed by atoms with Crippen LogP contribution in [0.3, 0.4) is 0 Å². The van der Waals surface area contributed by atoms with E-state index in [1.807, 2.05) is 0 Å². The van der Waals surface area contributed by atoms with Crippen LogP contribution in [-0.4, -0.2) is 28.0 Å². The molecule has 0 aromatic carbocycles. The maximum Gasteiger partial charge on any atom is 0.155 e. The van der Waals surface area contributed by atoms with Gasteiger partial charge in [-0.2, -0.15) is 0 Å². The van der Waals surface area contributed by atoms with Crippen molar-refractivity contribution in [3.05, 3.63) is 0 Å². The Morgan fingerprint density at radius 1 is 1.00 bits per heavy atom. The van der Waals surface area contributed by atoms with Gasteiger partial charge in [-0.25, -0.2) is 8.42 Å². The zero-order chi connectivity index (χ0) is 9.72. The van der Waals surface area contributed by atoms with Crippen molar-refractivity contribution < 1.29 is 17.5 Å². The van der Waals surface area contributed by atoms with Gasteiger partial charge in [0.15, 0.2) is 22.2 Å². The summed E-state index contributed by atoms with van der Waals surface area (Å²) in [6.45, 7) is 3.28. The lowest BCUT2D eigenvalue weighted by atomic mass is 10.2. The molecular weight excluding hydrogens is 200 g/mol. The quantitative estimate of drug-likeness (QED) is 0.669. The summed E-state index contributed by atoms with van der Waals surface area (Å²) in [4.78, 5) is 0. The molecule has 0 rings (SSSR count). The van der Waals surface area contributed by atoms with E-state index in [1.165, 1.54) is 0 Å². The first-order chi connectivity index (χ1) is 5.45. The van der Waals surface area contributed by atoms with Gasteiger partial charge in [-0.15, -0.1) is 0 Å². The fourth-order valence-electron chi connectivity index (χ4n) is 0.671. The van der Waals surface area contributed by atoms with Crippen LogP contribution in [0.1, 0.15) is 26.7 Å². The van der Waals surface area contributed by atoms with Crippen molar-refractivity contribution in [2.24, 2.45) is 0 Å². The molecule has 0 aliphatic rings. The van der Waals surface area contributed by atoms with Crippen LogP contribution in [0.25, 0.3) is 0 Å². The molecule has 0 amide bonds. The standard InChI is InChI=1S/C6H14O4S2/c1-5(11(7)8)3-4-6(2)12(9)10/h5-6H,3-4H2,1-2H3,(H,7,8)(H,9,10). The molecule has 0 radical (unpaired) electrons. The second-order valence-electron chi connectivity index (χ2n) is 2.75. The van der Waals surface area contributed by atoms with Gasteiger partial charge in [0.2, 0.25) is 0 Å². The summed E-state index contributed by atoms with van der Waals surface area (Å²) in [6.07, 6.45) is 0.993. The molecule has 0 heterocycles. The van der Waals surface area contributed by atoms with Crippen LogP contribution < -0.4 is 0 Å². The van der Waals surface area contributed by atoms with Crippen molar-refractivity contribution in [2.45, 2.75) is 37.2 Å². The molecule has 12 heavy (non-hydrogen) atoms. The Balaban J connectivity index is 3.68. The first-order valence-electron chi connectivity index (χ1n) is 3.64. The molecule has 0 saturated heterocycles. The molecule has 4 unspecified atom stereocenters. The zero-order valence-corrected chi connectivity index (χ0v) is 8.73. The second-order valence-corrected chi connectivity index (χ2v) is 5.47. The zero-order valence-electron chi connectivity index (χ0n) is 7.10. The average molecular weight is 214 g/mol. The number of hydrogen-bond donors (Lipinski definition) is 2. The topological polar surface area (TPSA) is 74.6 Å². The Bertz CT molecular complexity index is 162. The van der Waals surface area contributed by atoms with Crippen molar-refractivity contribution in [1.29, 1.82) is 0 Å². The van der Waals surface area contributed by atoms with Crippen LogP contribution in [-0.2, 0) is 22.2 Å². The molecule has 0 aliphatic carbocycles. The number of rotatable bonds is 5. The van der Waals surface area contributed by atoms with Crippen molar-refractivity contribution in [1.82, 2.24) is 0 Å². The van der Waals surface area contributed by atoms with Gasteiger partial charge in [-0.05, 0) is 26.7 Å². The normalized spacial score (nSPS) is 21.3. The summed E-state index contributed by atoms with van der Waals surface area (Å²) in [5.41, 5.74) is 0. The first-order valence-corrected chi connectivity index (χ1v) is 5.98. The van der Waals surface area contributed by atoms with E-state index < -0.39 is 22.2 Å². The molecule has 0 aromatic heterocycles. The maximum absolute atomic E-state index is 10.5. The van der Waals surface area contributed by atoms with Gasteiger partial charge < -0.3 is 9.11 Å². The molecule has 0 aliphatic heterocycles. The van der Waals surface area contributed by atoms with Crippen LogP contribution in [0.5, 0.6) is 0 Å². The Labute approximate surface area is 77.3 Å². The average Bonchev–Trinajstić information content (AvgIpc) is 1.98. The third kappa shape index (κ3) is 4.97. The summed E-state index contributed by atoms with van der Waals surface area (Å²) in [6, 6.07) is 0. The lowest BCUT2D eigenvalue weighted by Crippen LogP contribution is -2.15. The predicted octanol–water partition coefficient (Wildman–Crippen LogP) is 0.987.